The zero-order valence-electron chi connectivity index (χ0n) is 17.2. The minimum absolute atomic E-state index is 0.302. The lowest BCUT2D eigenvalue weighted by Crippen LogP contribution is -2.33. The van der Waals surface area contributed by atoms with Crippen LogP contribution in [-0.2, 0) is 13.0 Å². The highest BCUT2D eigenvalue weighted by atomic mass is 15.2. The third kappa shape index (κ3) is 3.57. The fourth-order valence-electron chi connectivity index (χ4n) is 4.79. The summed E-state index contributed by atoms with van der Waals surface area (Å²) in [5.41, 5.74) is 11.7. The van der Waals surface area contributed by atoms with Crippen molar-refractivity contribution in [2.24, 2.45) is 5.73 Å². The van der Waals surface area contributed by atoms with E-state index in [1.165, 1.54) is 28.5 Å². The molecule has 0 amide bonds. The lowest BCUT2D eigenvalue weighted by molar-refractivity contribution is 0.161. The predicted octanol–water partition coefficient (Wildman–Crippen LogP) is 4.12. The van der Waals surface area contributed by atoms with Gasteiger partial charge in [-0.1, -0.05) is 18.2 Å². The number of hydrogen-bond acceptors (Lipinski definition) is 5. The molecule has 0 bridgehead atoms. The number of fused-ring (bicyclic) bond motifs is 4. The van der Waals surface area contributed by atoms with Crippen molar-refractivity contribution in [2.45, 2.75) is 44.7 Å². The van der Waals surface area contributed by atoms with Crippen LogP contribution in [-0.4, -0.2) is 37.9 Å². The van der Waals surface area contributed by atoms with Crippen LogP contribution in [0.25, 0.3) is 21.8 Å². The monoisotopic (exact) mass is 400 g/mol. The molecule has 154 valence electrons. The molecule has 3 aromatic heterocycles. The molecule has 6 nitrogen and oxygen atoms in total. The lowest BCUT2D eigenvalue weighted by atomic mass is 9.91. The van der Waals surface area contributed by atoms with Gasteiger partial charge in [0.1, 0.15) is 6.33 Å². The van der Waals surface area contributed by atoms with E-state index in [9.17, 15) is 0 Å². The Kier molecular flexibility index (Phi) is 5.43. The number of unbranched alkanes of at least 4 members (excludes halogenated alkanes) is 1. The minimum atomic E-state index is 0.302. The molecular weight excluding hydrogens is 372 g/mol. The van der Waals surface area contributed by atoms with Crippen LogP contribution in [0.3, 0.4) is 0 Å². The van der Waals surface area contributed by atoms with E-state index in [0.717, 1.165) is 62.0 Å². The van der Waals surface area contributed by atoms with Crippen molar-refractivity contribution < 1.29 is 0 Å². The third-order valence-electron chi connectivity index (χ3n) is 6.26. The van der Waals surface area contributed by atoms with Gasteiger partial charge in [-0.05, 0) is 62.9 Å². The summed E-state index contributed by atoms with van der Waals surface area (Å²) in [5.74, 6) is 0. The van der Waals surface area contributed by atoms with Gasteiger partial charge < -0.3 is 10.7 Å². The second-order valence-corrected chi connectivity index (χ2v) is 8.16. The Morgan fingerprint density at radius 2 is 2.03 bits per heavy atom. The third-order valence-corrected chi connectivity index (χ3v) is 6.26. The van der Waals surface area contributed by atoms with Crippen LogP contribution in [0.5, 0.6) is 0 Å². The van der Waals surface area contributed by atoms with Crippen LogP contribution in [0.2, 0.25) is 0 Å². The maximum absolute atomic E-state index is 5.78. The van der Waals surface area contributed by atoms with Crippen LogP contribution in [0.15, 0.2) is 49.1 Å². The topological polar surface area (TPSA) is 83.7 Å². The molecule has 1 atom stereocenters. The van der Waals surface area contributed by atoms with E-state index in [4.69, 9.17) is 10.7 Å². The number of nitrogens with zero attached hydrogens (tertiary/aromatic N) is 4. The molecule has 30 heavy (non-hydrogen) atoms. The van der Waals surface area contributed by atoms with Crippen LogP contribution in [0.1, 0.15) is 48.7 Å². The van der Waals surface area contributed by atoms with Gasteiger partial charge in [-0.2, -0.15) is 0 Å². The first kappa shape index (κ1) is 19.2. The van der Waals surface area contributed by atoms with Crippen molar-refractivity contribution in [3.63, 3.8) is 0 Å². The molecule has 3 heterocycles. The Morgan fingerprint density at radius 3 is 2.97 bits per heavy atom. The van der Waals surface area contributed by atoms with Gasteiger partial charge in [0.2, 0.25) is 0 Å². The molecule has 3 N–H and O–H groups in total. The predicted molar refractivity (Wildman–Crippen MR) is 120 cm³/mol. The van der Waals surface area contributed by atoms with Gasteiger partial charge in [-0.3, -0.25) is 9.88 Å². The molecule has 0 aliphatic heterocycles. The Labute approximate surface area is 176 Å². The average molecular weight is 401 g/mol. The van der Waals surface area contributed by atoms with Gasteiger partial charge in [0, 0.05) is 35.2 Å². The quantitative estimate of drug-likeness (QED) is 0.456. The van der Waals surface area contributed by atoms with Crippen molar-refractivity contribution in [2.75, 3.05) is 13.1 Å². The zero-order valence-corrected chi connectivity index (χ0v) is 17.2. The average Bonchev–Trinajstić information content (AvgIpc) is 3.18. The first-order valence-electron chi connectivity index (χ1n) is 10.9. The van der Waals surface area contributed by atoms with E-state index < -0.39 is 0 Å². The van der Waals surface area contributed by atoms with Crippen molar-refractivity contribution in [3.8, 4) is 0 Å². The van der Waals surface area contributed by atoms with Crippen LogP contribution >= 0.6 is 0 Å². The molecule has 0 saturated carbocycles. The molecule has 1 aromatic carbocycles. The van der Waals surface area contributed by atoms with Gasteiger partial charge in [0.05, 0.1) is 22.9 Å². The number of pyridine rings is 1. The van der Waals surface area contributed by atoms with Crippen molar-refractivity contribution in [1.82, 2.24) is 24.8 Å². The second-order valence-electron chi connectivity index (χ2n) is 8.16. The van der Waals surface area contributed by atoms with E-state index >= 15 is 0 Å². The number of rotatable bonds is 7. The highest BCUT2D eigenvalue weighted by Crippen LogP contribution is 2.34. The molecule has 4 aromatic rings. The van der Waals surface area contributed by atoms with Crippen molar-refractivity contribution >= 4 is 21.8 Å². The van der Waals surface area contributed by atoms with Crippen LogP contribution in [0, 0.1) is 0 Å². The van der Waals surface area contributed by atoms with E-state index in [0.29, 0.717) is 6.04 Å². The summed E-state index contributed by atoms with van der Waals surface area (Å²) in [6.45, 7) is 2.51. The number of nitrogens with two attached hydrogens (primary N) is 1. The van der Waals surface area contributed by atoms with Crippen molar-refractivity contribution in [1.29, 1.82) is 0 Å². The Balaban J connectivity index is 1.52. The Morgan fingerprint density at radius 1 is 1.10 bits per heavy atom. The molecule has 5 rings (SSSR count). The Bertz CT molecular complexity index is 1150. The fraction of sp³-hybridized carbons (Fsp3) is 0.375. The summed E-state index contributed by atoms with van der Waals surface area (Å²) in [4.78, 5) is 19.9. The molecular formula is C24H28N6. The highest BCUT2D eigenvalue weighted by molar-refractivity contribution is 6.07. The number of nitrogens with one attached hydrogen (secondary N) is 1. The number of hydrogen-bond donors (Lipinski definition) is 2. The lowest BCUT2D eigenvalue weighted by Gasteiger charge is -2.34. The SMILES string of the molecule is NCCCCN(Cc1nccc2c1[nH]c1ccccc12)C1CCCc2cncnc21. The molecule has 1 aliphatic rings. The van der Waals surface area contributed by atoms with Gasteiger partial charge in [0.25, 0.3) is 0 Å². The molecule has 0 saturated heterocycles. The number of aryl methyl sites for hydroxylation is 1. The fourth-order valence-corrected chi connectivity index (χ4v) is 4.79. The summed E-state index contributed by atoms with van der Waals surface area (Å²) in [6.07, 6.45) is 11.1. The largest absolute Gasteiger partial charge is 0.353 e. The molecule has 0 radical (unpaired) electrons. The summed E-state index contributed by atoms with van der Waals surface area (Å²) in [5, 5.41) is 2.49. The molecule has 1 unspecified atom stereocenters. The zero-order chi connectivity index (χ0) is 20.3. The number of benzene rings is 1. The smallest absolute Gasteiger partial charge is 0.115 e. The minimum Gasteiger partial charge on any atom is -0.353 e. The van der Waals surface area contributed by atoms with E-state index in [1.54, 1.807) is 6.33 Å². The normalized spacial score (nSPS) is 16.4. The summed E-state index contributed by atoms with van der Waals surface area (Å²) in [6, 6.07) is 10.9. The number of aromatic nitrogens is 4. The maximum Gasteiger partial charge on any atom is 0.115 e. The van der Waals surface area contributed by atoms with E-state index in [-0.39, 0.29) is 0 Å². The highest BCUT2D eigenvalue weighted by Gasteiger charge is 2.28. The first-order chi connectivity index (χ1) is 14.8. The van der Waals surface area contributed by atoms with Crippen LogP contribution in [0.4, 0.5) is 0 Å². The molecule has 0 spiro atoms. The summed E-state index contributed by atoms with van der Waals surface area (Å²) < 4.78 is 0. The van der Waals surface area contributed by atoms with Gasteiger partial charge in [-0.15, -0.1) is 0 Å². The van der Waals surface area contributed by atoms with Gasteiger partial charge >= 0.3 is 0 Å². The molecule has 0 fully saturated rings. The summed E-state index contributed by atoms with van der Waals surface area (Å²) in [7, 11) is 0. The van der Waals surface area contributed by atoms with E-state index in [2.05, 4.69) is 50.2 Å². The number of para-hydroxylation sites is 1. The molecule has 6 heteroatoms. The number of H-pyrrole nitrogens is 1. The number of aromatic amines is 1. The molecule has 1 aliphatic carbocycles. The Hall–Kier alpha value is -2.83. The maximum atomic E-state index is 5.78. The van der Waals surface area contributed by atoms with E-state index in [1.807, 2.05) is 12.4 Å². The van der Waals surface area contributed by atoms with Crippen molar-refractivity contribution in [3.05, 3.63) is 66.0 Å². The first-order valence-corrected chi connectivity index (χ1v) is 10.9. The van der Waals surface area contributed by atoms with Gasteiger partial charge in [-0.25, -0.2) is 9.97 Å². The second kappa shape index (κ2) is 8.50. The van der Waals surface area contributed by atoms with Crippen LogP contribution < -0.4 is 5.73 Å². The standard InChI is InChI=1S/C24H28N6/c25-11-3-4-13-30(22-9-5-6-17-14-26-16-28-23(17)22)15-21-24-19(10-12-27-21)18-7-1-2-8-20(18)29-24/h1-2,7-8,10,12,14,16,22,29H,3-6,9,11,13,15,25H2. The summed E-state index contributed by atoms with van der Waals surface area (Å²) >= 11 is 0. The van der Waals surface area contributed by atoms with Gasteiger partial charge in [0.15, 0.2) is 0 Å².